The van der Waals surface area contributed by atoms with E-state index in [1.54, 1.807) is 10.9 Å². The molecular formula is C10H12N2O3S. The van der Waals surface area contributed by atoms with E-state index in [1.807, 2.05) is 0 Å². The highest BCUT2D eigenvalue weighted by atomic mass is 32.1. The molecule has 1 amide bonds. The molecule has 0 bridgehead atoms. The van der Waals surface area contributed by atoms with Gasteiger partial charge >= 0.3 is 5.97 Å². The second kappa shape index (κ2) is 4.61. The largest absolute Gasteiger partial charge is 0.481 e. The number of nitrogens with zero attached hydrogens (tertiary/aromatic N) is 1. The third kappa shape index (κ3) is 2.79. The number of nitrogens with one attached hydrogen (secondary N) is 1. The van der Waals surface area contributed by atoms with Crippen LogP contribution >= 0.6 is 11.3 Å². The van der Waals surface area contributed by atoms with Gasteiger partial charge in [-0.2, -0.15) is 0 Å². The first-order valence-electron chi connectivity index (χ1n) is 5.07. The van der Waals surface area contributed by atoms with Crippen molar-refractivity contribution in [1.29, 1.82) is 0 Å². The number of hydrogen-bond acceptors (Lipinski definition) is 4. The van der Waals surface area contributed by atoms with Crippen LogP contribution in [0.3, 0.4) is 0 Å². The summed E-state index contributed by atoms with van der Waals surface area (Å²) in [6.07, 6.45) is 1.98. The van der Waals surface area contributed by atoms with E-state index < -0.39 is 5.97 Å². The van der Waals surface area contributed by atoms with Crippen molar-refractivity contribution in [1.82, 2.24) is 10.3 Å². The zero-order valence-electron chi connectivity index (χ0n) is 8.55. The average Bonchev–Trinajstić information content (AvgIpc) is 2.91. The summed E-state index contributed by atoms with van der Waals surface area (Å²) >= 11 is 1.34. The molecule has 1 atom stereocenters. The highest BCUT2D eigenvalue weighted by Crippen LogP contribution is 2.34. The van der Waals surface area contributed by atoms with Crippen molar-refractivity contribution in [2.75, 3.05) is 0 Å². The van der Waals surface area contributed by atoms with Crippen LogP contribution in [-0.4, -0.2) is 28.0 Å². The maximum atomic E-state index is 11.7. The Labute approximate surface area is 96.5 Å². The molecule has 2 N–H and O–H groups in total. The Morgan fingerprint density at radius 2 is 2.38 bits per heavy atom. The number of carbonyl (C=O) groups excluding carboxylic acids is 1. The molecule has 1 fully saturated rings. The Balaban J connectivity index is 1.95. The van der Waals surface area contributed by atoms with Gasteiger partial charge in [0.1, 0.15) is 5.69 Å². The van der Waals surface area contributed by atoms with E-state index in [0.717, 1.165) is 12.8 Å². The molecule has 0 unspecified atom stereocenters. The van der Waals surface area contributed by atoms with Crippen molar-refractivity contribution in [3.8, 4) is 0 Å². The zero-order valence-corrected chi connectivity index (χ0v) is 9.37. The van der Waals surface area contributed by atoms with E-state index in [2.05, 4.69) is 10.3 Å². The predicted octanol–water partition coefficient (Wildman–Crippen LogP) is 1.13. The minimum Gasteiger partial charge on any atom is -0.481 e. The standard InChI is InChI=1S/C10H12N2O3S/c13-9(14)3-7(6-1-2-6)12-10(15)8-4-16-5-11-8/h4-7H,1-3H2,(H,12,15)(H,13,14)/t7-/m0/s1. The minimum absolute atomic E-state index is 0.0133. The van der Waals surface area contributed by atoms with Gasteiger partial charge in [-0.25, -0.2) is 4.98 Å². The Kier molecular flexibility index (Phi) is 3.19. The first-order chi connectivity index (χ1) is 7.66. The molecule has 0 aliphatic heterocycles. The lowest BCUT2D eigenvalue weighted by molar-refractivity contribution is -0.137. The fourth-order valence-corrected chi connectivity index (χ4v) is 2.12. The predicted molar refractivity (Wildman–Crippen MR) is 58.3 cm³/mol. The second-order valence-electron chi connectivity index (χ2n) is 3.89. The normalized spacial score (nSPS) is 16.8. The molecule has 0 saturated heterocycles. The molecule has 2 rings (SSSR count). The lowest BCUT2D eigenvalue weighted by Gasteiger charge is -2.15. The Hall–Kier alpha value is -1.43. The van der Waals surface area contributed by atoms with Crippen LogP contribution in [0.4, 0.5) is 0 Å². The van der Waals surface area contributed by atoms with Gasteiger partial charge in [0.15, 0.2) is 0 Å². The molecule has 0 aromatic carbocycles. The third-order valence-electron chi connectivity index (χ3n) is 2.57. The molecule has 1 saturated carbocycles. The van der Waals surface area contributed by atoms with Crippen LogP contribution in [0.25, 0.3) is 0 Å². The van der Waals surface area contributed by atoms with Crippen molar-refractivity contribution in [3.05, 3.63) is 16.6 Å². The highest BCUT2D eigenvalue weighted by molar-refractivity contribution is 7.07. The fourth-order valence-electron chi connectivity index (χ4n) is 1.59. The van der Waals surface area contributed by atoms with Gasteiger partial charge in [-0.15, -0.1) is 11.3 Å². The van der Waals surface area contributed by atoms with E-state index >= 15 is 0 Å². The van der Waals surface area contributed by atoms with Crippen molar-refractivity contribution in [2.45, 2.75) is 25.3 Å². The summed E-state index contributed by atoms with van der Waals surface area (Å²) in [7, 11) is 0. The Morgan fingerprint density at radius 3 is 2.88 bits per heavy atom. The quantitative estimate of drug-likeness (QED) is 0.808. The van der Waals surface area contributed by atoms with Gasteiger partial charge < -0.3 is 10.4 Å². The number of amides is 1. The third-order valence-corrected chi connectivity index (χ3v) is 3.15. The smallest absolute Gasteiger partial charge is 0.305 e. The van der Waals surface area contributed by atoms with Crippen molar-refractivity contribution in [3.63, 3.8) is 0 Å². The number of hydrogen-bond donors (Lipinski definition) is 2. The number of carboxylic acid groups (broad SMARTS) is 1. The molecular weight excluding hydrogens is 228 g/mol. The van der Waals surface area contributed by atoms with Gasteiger partial charge in [0, 0.05) is 11.4 Å². The molecule has 0 radical (unpaired) electrons. The summed E-state index contributed by atoms with van der Waals surface area (Å²) in [4.78, 5) is 26.2. The molecule has 1 heterocycles. The lowest BCUT2D eigenvalue weighted by atomic mass is 10.1. The summed E-state index contributed by atoms with van der Waals surface area (Å²) in [6, 6.07) is -0.258. The molecule has 0 spiro atoms. The number of aliphatic carboxylic acids is 1. The van der Waals surface area contributed by atoms with Crippen molar-refractivity contribution < 1.29 is 14.7 Å². The summed E-state index contributed by atoms with van der Waals surface area (Å²) < 4.78 is 0. The van der Waals surface area contributed by atoms with Gasteiger partial charge in [-0.1, -0.05) is 0 Å². The van der Waals surface area contributed by atoms with Crippen molar-refractivity contribution in [2.24, 2.45) is 5.92 Å². The number of thiazole rings is 1. The van der Waals surface area contributed by atoms with Gasteiger partial charge in [0.05, 0.1) is 11.9 Å². The van der Waals surface area contributed by atoms with Crippen molar-refractivity contribution >= 4 is 23.2 Å². The van der Waals surface area contributed by atoms with Crippen LogP contribution in [0.1, 0.15) is 29.8 Å². The van der Waals surface area contributed by atoms with E-state index in [1.165, 1.54) is 11.3 Å². The first kappa shape index (κ1) is 11.1. The van der Waals surface area contributed by atoms with Crippen LogP contribution < -0.4 is 5.32 Å². The minimum atomic E-state index is -0.879. The van der Waals surface area contributed by atoms with E-state index in [4.69, 9.17) is 5.11 Å². The van der Waals surface area contributed by atoms with Gasteiger partial charge in [-0.3, -0.25) is 9.59 Å². The number of carbonyl (C=O) groups is 2. The molecule has 6 heteroatoms. The van der Waals surface area contributed by atoms with Gasteiger partial charge in [0.25, 0.3) is 5.91 Å². The van der Waals surface area contributed by atoms with Crippen LogP contribution in [0.5, 0.6) is 0 Å². The van der Waals surface area contributed by atoms with E-state index in [0.29, 0.717) is 11.6 Å². The summed E-state index contributed by atoms with van der Waals surface area (Å²) in [6.45, 7) is 0. The zero-order chi connectivity index (χ0) is 11.5. The number of carboxylic acids is 1. The fraction of sp³-hybridized carbons (Fsp3) is 0.500. The molecule has 1 aliphatic rings. The highest BCUT2D eigenvalue weighted by Gasteiger charge is 2.34. The maximum Gasteiger partial charge on any atom is 0.305 e. The van der Waals surface area contributed by atoms with Crippen LogP contribution in [0.15, 0.2) is 10.9 Å². The molecule has 86 valence electrons. The first-order valence-corrected chi connectivity index (χ1v) is 6.02. The van der Waals surface area contributed by atoms with Crippen LogP contribution in [0.2, 0.25) is 0 Å². The van der Waals surface area contributed by atoms with E-state index in [-0.39, 0.29) is 18.4 Å². The van der Waals surface area contributed by atoms with Gasteiger partial charge in [-0.05, 0) is 18.8 Å². The summed E-state index contributed by atoms with van der Waals surface area (Å²) in [5, 5.41) is 13.1. The molecule has 1 aromatic heterocycles. The SMILES string of the molecule is O=C(O)C[C@H](NC(=O)c1cscn1)C1CC1. The van der Waals surface area contributed by atoms with Crippen LogP contribution in [0, 0.1) is 5.92 Å². The van der Waals surface area contributed by atoms with Crippen LogP contribution in [-0.2, 0) is 4.79 Å². The van der Waals surface area contributed by atoms with Gasteiger partial charge in [0.2, 0.25) is 0 Å². The summed E-state index contributed by atoms with van der Waals surface area (Å²) in [5.41, 5.74) is 1.94. The topological polar surface area (TPSA) is 79.3 Å². The molecule has 1 aromatic rings. The molecule has 5 nitrogen and oxygen atoms in total. The molecule has 16 heavy (non-hydrogen) atoms. The van der Waals surface area contributed by atoms with E-state index in [9.17, 15) is 9.59 Å². The lowest BCUT2D eigenvalue weighted by Crippen LogP contribution is -2.38. The molecule has 1 aliphatic carbocycles. The average molecular weight is 240 g/mol. The number of rotatable bonds is 5. The number of aromatic nitrogens is 1. The maximum absolute atomic E-state index is 11.7. The summed E-state index contributed by atoms with van der Waals surface area (Å²) in [5.74, 6) is -0.839. The second-order valence-corrected chi connectivity index (χ2v) is 4.61. The Bertz CT molecular complexity index is 387. The Morgan fingerprint density at radius 1 is 1.62 bits per heavy atom. The monoisotopic (exact) mass is 240 g/mol.